The summed E-state index contributed by atoms with van der Waals surface area (Å²) in [7, 11) is 0. The molecule has 4 N–H and O–H groups in total. The Labute approximate surface area is 308 Å². The molecule has 3 aromatic carbocycles. The number of fused-ring (bicyclic) bond motifs is 3. The van der Waals surface area contributed by atoms with Gasteiger partial charge in [0.1, 0.15) is 25.9 Å². The van der Waals surface area contributed by atoms with E-state index in [4.69, 9.17) is 24.1 Å². The average molecular weight is 728 g/mol. The Morgan fingerprint density at radius 1 is 0.868 bits per heavy atom. The van der Waals surface area contributed by atoms with Crippen LogP contribution in [-0.4, -0.2) is 86.6 Å². The number of amides is 3. The van der Waals surface area contributed by atoms with E-state index in [9.17, 15) is 24.0 Å². The van der Waals surface area contributed by atoms with Crippen LogP contribution in [0.4, 0.5) is 4.79 Å². The van der Waals surface area contributed by atoms with Crippen molar-refractivity contribution >= 4 is 29.8 Å². The molecule has 0 saturated heterocycles. The van der Waals surface area contributed by atoms with Gasteiger partial charge in [0.25, 0.3) is 0 Å². The fourth-order valence-corrected chi connectivity index (χ4v) is 6.23. The van der Waals surface area contributed by atoms with E-state index in [1.54, 1.807) is 36.4 Å². The number of hydrogen-bond acceptors (Lipinski definition) is 10. The molecule has 1 heterocycles. The highest BCUT2D eigenvalue weighted by Crippen LogP contribution is 2.44. The van der Waals surface area contributed by atoms with Crippen LogP contribution in [0, 0.1) is 5.92 Å². The lowest BCUT2D eigenvalue weighted by molar-refractivity contribution is -0.156. The molecule has 3 amide bonds. The van der Waals surface area contributed by atoms with Crippen LogP contribution in [0.15, 0.2) is 91.0 Å². The van der Waals surface area contributed by atoms with Crippen LogP contribution in [0.1, 0.15) is 48.3 Å². The van der Waals surface area contributed by atoms with Gasteiger partial charge in [-0.1, -0.05) is 91.0 Å². The molecule has 53 heavy (non-hydrogen) atoms. The van der Waals surface area contributed by atoms with Gasteiger partial charge in [0.05, 0.1) is 25.7 Å². The summed E-state index contributed by atoms with van der Waals surface area (Å²) in [6.07, 6.45) is 3.11. The SMILES string of the molecule is O=C(CC1CC=CCCC(NC(=O)OCC2c3ccccc3-c3ccccc32)C(=O)OCC(C(=O)OCc2ccccc2)NC1=O)NCCOCCO. The van der Waals surface area contributed by atoms with E-state index < -0.39 is 54.5 Å². The molecule has 0 spiro atoms. The van der Waals surface area contributed by atoms with E-state index >= 15 is 0 Å². The number of ether oxygens (including phenoxy) is 4. The third-order valence-corrected chi connectivity index (χ3v) is 8.95. The summed E-state index contributed by atoms with van der Waals surface area (Å²) in [6.45, 7) is -0.235. The number of alkyl carbamates (subject to hydrolysis) is 1. The highest BCUT2D eigenvalue weighted by atomic mass is 16.6. The third-order valence-electron chi connectivity index (χ3n) is 8.95. The van der Waals surface area contributed by atoms with Crippen LogP contribution in [0.2, 0.25) is 0 Å². The first-order chi connectivity index (χ1) is 25.8. The second kappa shape index (κ2) is 19.9. The maximum absolute atomic E-state index is 13.5. The van der Waals surface area contributed by atoms with E-state index in [1.165, 1.54) is 0 Å². The molecule has 5 rings (SSSR count). The maximum Gasteiger partial charge on any atom is 0.407 e. The first-order valence-corrected chi connectivity index (χ1v) is 17.7. The predicted octanol–water partition coefficient (Wildman–Crippen LogP) is 3.54. The number of allylic oxidation sites excluding steroid dienone is 2. The number of aliphatic hydroxyl groups excluding tert-OH is 1. The second-order valence-electron chi connectivity index (χ2n) is 12.7. The molecule has 1 aliphatic heterocycles. The molecule has 3 atom stereocenters. The Kier molecular flexibility index (Phi) is 14.5. The van der Waals surface area contributed by atoms with Crippen molar-refractivity contribution in [1.29, 1.82) is 0 Å². The van der Waals surface area contributed by atoms with Gasteiger partial charge < -0.3 is 40.0 Å². The predicted molar refractivity (Wildman–Crippen MR) is 193 cm³/mol. The molecule has 1 aliphatic carbocycles. The largest absolute Gasteiger partial charge is 0.461 e. The van der Waals surface area contributed by atoms with Gasteiger partial charge in [-0.3, -0.25) is 9.59 Å². The lowest BCUT2D eigenvalue weighted by Gasteiger charge is -2.22. The van der Waals surface area contributed by atoms with Gasteiger partial charge in [-0.15, -0.1) is 0 Å². The van der Waals surface area contributed by atoms with E-state index in [2.05, 4.69) is 16.0 Å². The van der Waals surface area contributed by atoms with Gasteiger partial charge in [0.15, 0.2) is 6.04 Å². The third kappa shape index (κ3) is 11.2. The maximum atomic E-state index is 13.5. The average Bonchev–Trinajstić information content (AvgIpc) is 3.50. The van der Waals surface area contributed by atoms with Crippen LogP contribution in [0.5, 0.6) is 0 Å². The standard InChI is InChI=1S/C40H45N3O10/c44-20-22-50-21-19-41-36(45)23-28-13-5-2-6-18-34(38(47)52-26-35(42-37(28)46)39(48)51-24-27-11-3-1-4-12-27)43-40(49)53-25-33-31-16-9-7-14-29(31)30-15-8-10-17-32(30)33/h1-5,7-12,14-17,28,33-35,44H,6,13,18-26H2,(H,41,45)(H,42,46)(H,43,49). The molecule has 0 bridgehead atoms. The zero-order chi connectivity index (χ0) is 37.4. The van der Waals surface area contributed by atoms with Crippen LogP contribution < -0.4 is 16.0 Å². The number of cyclic esters (lactones) is 1. The highest BCUT2D eigenvalue weighted by molar-refractivity contribution is 5.89. The van der Waals surface area contributed by atoms with E-state index in [-0.39, 0.29) is 64.8 Å². The quantitative estimate of drug-likeness (QED) is 0.0882. The first kappa shape index (κ1) is 38.7. The summed E-state index contributed by atoms with van der Waals surface area (Å²) in [4.78, 5) is 66.0. The van der Waals surface area contributed by atoms with E-state index in [1.807, 2.05) is 54.6 Å². The Hall–Kier alpha value is -5.53. The Morgan fingerprint density at radius 3 is 2.28 bits per heavy atom. The van der Waals surface area contributed by atoms with Crippen LogP contribution >= 0.6 is 0 Å². The van der Waals surface area contributed by atoms with Crippen molar-refractivity contribution in [3.05, 3.63) is 108 Å². The summed E-state index contributed by atoms with van der Waals surface area (Å²) in [5.74, 6) is -3.71. The molecule has 3 unspecified atom stereocenters. The summed E-state index contributed by atoms with van der Waals surface area (Å²) >= 11 is 0. The fraction of sp³-hybridized carbons (Fsp3) is 0.375. The minimum Gasteiger partial charge on any atom is -0.461 e. The van der Waals surface area contributed by atoms with Crippen molar-refractivity contribution in [3.63, 3.8) is 0 Å². The lowest BCUT2D eigenvalue weighted by Crippen LogP contribution is -2.49. The van der Waals surface area contributed by atoms with Crippen molar-refractivity contribution in [3.8, 4) is 11.1 Å². The molecule has 0 aromatic heterocycles. The summed E-state index contributed by atoms with van der Waals surface area (Å²) in [5, 5.41) is 16.8. The van der Waals surface area contributed by atoms with Crippen molar-refractivity contribution in [1.82, 2.24) is 16.0 Å². The zero-order valence-electron chi connectivity index (χ0n) is 29.4. The molecule has 0 fully saturated rings. The van der Waals surface area contributed by atoms with Gasteiger partial charge in [0, 0.05) is 18.9 Å². The Bertz CT molecular complexity index is 1700. The van der Waals surface area contributed by atoms with Crippen LogP contribution in [-0.2, 0) is 44.7 Å². The second-order valence-corrected chi connectivity index (χ2v) is 12.7. The van der Waals surface area contributed by atoms with Crippen molar-refractivity contribution < 1.29 is 48.0 Å². The minimum absolute atomic E-state index is 0.0491. The van der Waals surface area contributed by atoms with Crippen molar-refractivity contribution in [2.75, 3.05) is 39.6 Å². The molecule has 0 saturated carbocycles. The number of esters is 2. The van der Waals surface area contributed by atoms with Crippen LogP contribution in [0.3, 0.4) is 0 Å². The topological polar surface area (TPSA) is 179 Å². The lowest BCUT2D eigenvalue weighted by atomic mass is 9.98. The molecule has 2 aliphatic rings. The van der Waals surface area contributed by atoms with Gasteiger partial charge in [0.2, 0.25) is 11.8 Å². The molecule has 0 radical (unpaired) electrons. The molecule has 13 nitrogen and oxygen atoms in total. The van der Waals surface area contributed by atoms with Gasteiger partial charge in [-0.2, -0.15) is 0 Å². The highest BCUT2D eigenvalue weighted by Gasteiger charge is 2.32. The van der Waals surface area contributed by atoms with Crippen molar-refractivity contribution in [2.45, 2.75) is 50.3 Å². The van der Waals surface area contributed by atoms with Crippen LogP contribution in [0.25, 0.3) is 11.1 Å². The van der Waals surface area contributed by atoms with Gasteiger partial charge in [-0.05, 0) is 47.1 Å². The zero-order valence-corrected chi connectivity index (χ0v) is 29.4. The molecular formula is C40H45N3O10. The number of aliphatic hydroxyl groups is 1. The van der Waals surface area contributed by atoms with Gasteiger partial charge in [-0.25, -0.2) is 14.4 Å². The Balaban J connectivity index is 1.25. The summed E-state index contributed by atoms with van der Waals surface area (Å²) in [6, 6.07) is 22.3. The number of hydrogen-bond donors (Lipinski definition) is 4. The number of carbonyl (C=O) groups excluding carboxylic acids is 5. The molecule has 13 heteroatoms. The van der Waals surface area contributed by atoms with E-state index in [0.717, 1.165) is 22.3 Å². The monoisotopic (exact) mass is 727 g/mol. The van der Waals surface area contributed by atoms with E-state index in [0.29, 0.717) is 12.0 Å². The summed E-state index contributed by atoms with van der Waals surface area (Å²) < 4.78 is 21.8. The molecule has 3 aromatic rings. The van der Waals surface area contributed by atoms with Crippen molar-refractivity contribution in [2.24, 2.45) is 5.92 Å². The Morgan fingerprint density at radius 2 is 1.57 bits per heavy atom. The summed E-state index contributed by atoms with van der Waals surface area (Å²) in [5.41, 5.74) is 4.96. The number of carbonyl (C=O) groups is 5. The van der Waals surface area contributed by atoms with Gasteiger partial charge >= 0.3 is 18.0 Å². The fourth-order valence-electron chi connectivity index (χ4n) is 6.23. The number of nitrogens with one attached hydrogen (secondary N) is 3. The normalized spacial score (nSPS) is 18.8. The molecular weight excluding hydrogens is 682 g/mol. The minimum atomic E-state index is -1.40. The number of benzene rings is 3. The first-order valence-electron chi connectivity index (χ1n) is 17.7. The molecule has 280 valence electrons. The smallest absolute Gasteiger partial charge is 0.407 e. The number of rotatable bonds is 13.